The standard InChI is InChI=1S/C14H22BrN3O/c1-5-6-16-13-12(7-11(15)8-17-13)14(19)18-10(4)9(2)3/h7-10H,5-6H2,1-4H3,(H,16,17)(H,18,19). The van der Waals surface area contributed by atoms with Crippen molar-refractivity contribution in [1.29, 1.82) is 0 Å². The first-order chi connectivity index (χ1) is 8.95. The van der Waals surface area contributed by atoms with Crippen LogP contribution in [0.15, 0.2) is 16.7 Å². The molecule has 106 valence electrons. The lowest BCUT2D eigenvalue weighted by atomic mass is 10.1. The van der Waals surface area contributed by atoms with Gasteiger partial charge in [-0.1, -0.05) is 20.8 Å². The smallest absolute Gasteiger partial charge is 0.255 e. The molecule has 1 unspecified atom stereocenters. The van der Waals surface area contributed by atoms with Crippen LogP contribution in [0, 0.1) is 5.92 Å². The fourth-order valence-corrected chi connectivity index (χ4v) is 1.78. The maximum atomic E-state index is 12.3. The van der Waals surface area contributed by atoms with E-state index in [0.717, 1.165) is 17.4 Å². The number of amides is 1. The fourth-order valence-electron chi connectivity index (χ4n) is 1.45. The van der Waals surface area contributed by atoms with Crippen molar-refractivity contribution >= 4 is 27.7 Å². The van der Waals surface area contributed by atoms with Crippen LogP contribution in [-0.4, -0.2) is 23.5 Å². The summed E-state index contributed by atoms with van der Waals surface area (Å²) in [5.41, 5.74) is 0.579. The molecular weight excluding hydrogens is 306 g/mol. The normalized spacial score (nSPS) is 12.3. The Morgan fingerprint density at radius 2 is 2.11 bits per heavy atom. The maximum Gasteiger partial charge on any atom is 0.255 e. The Balaban J connectivity index is 2.90. The van der Waals surface area contributed by atoms with E-state index >= 15 is 0 Å². The third-order valence-corrected chi connectivity index (χ3v) is 3.43. The topological polar surface area (TPSA) is 54.0 Å². The first-order valence-electron chi connectivity index (χ1n) is 6.66. The molecule has 0 saturated heterocycles. The first kappa shape index (κ1) is 16.0. The van der Waals surface area contributed by atoms with Gasteiger partial charge in [0.25, 0.3) is 5.91 Å². The van der Waals surface area contributed by atoms with E-state index in [-0.39, 0.29) is 11.9 Å². The molecule has 0 saturated carbocycles. The van der Waals surface area contributed by atoms with Gasteiger partial charge < -0.3 is 10.6 Å². The molecule has 1 amide bonds. The van der Waals surface area contributed by atoms with Crippen molar-refractivity contribution in [3.05, 3.63) is 22.3 Å². The molecule has 0 spiro atoms. The molecule has 1 atom stereocenters. The first-order valence-corrected chi connectivity index (χ1v) is 7.45. The Hall–Kier alpha value is -1.10. The highest BCUT2D eigenvalue weighted by Gasteiger charge is 2.16. The van der Waals surface area contributed by atoms with E-state index in [9.17, 15) is 4.79 Å². The number of hydrogen-bond donors (Lipinski definition) is 2. The van der Waals surface area contributed by atoms with E-state index in [4.69, 9.17) is 0 Å². The molecule has 1 heterocycles. The number of rotatable bonds is 6. The molecule has 0 bridgehead atoms. The lowest BCUT2D eigenvalue weighted by Gasteiger charge is -2.18. The summed E-state index contributed by atoms with van der Waals surface area (Å²) in [6.45, 7) is 9.05. The van der Waals surface area contributed by atoms with Crippen LogP contribution in [0.25, 0.3) is 0 Å². The molecule has 2 N–H and O–H groups in total. The van der Waals surface area contributed by atoms with Gasteiger partial charge in [-0.3, -0.25) is 4.79 Å². The van der Waals surface area contributed by atoms with Crippen LogP contribution in [0.5, 0.6) is 0 Å². The number of nitrogens with one attached hydrogen (secondary N) is 2. The molecular formula is C14H22BrN3O. The summed E-state index contributed by atoms with van der Waals surface area (Å²) in [6.07, 6.45) is 2.68. The molecule has 1 aromatic rings. The van der Waals surface area contributed by atoms with Gasteiger partial charge in [0.15, 0.2) is 0 Å². The minimum Gasteiger partial charge on any atom is -0.369 e. The Labute approximate surface area is 123 Å². The molecule has 0 aromatic carbocycles. The summed E-state index contributed by atoms with van der Waals surface area (Å²) in [7, 11) is 0. The summed E-state index contributed by atoms with van der Waals surface area (Å²) < 4.78 is 0.803. The van der Waals surface area contributed by atoms with Gasteiger partial charge in [-0.15, -0.1) is 0 Å². The molecule has 0 radical (unpaired) electrons. The van der Waals surface area contributed by atoms with Crippen LogP contribution < -0.4 is 10.6 Å². The Morgan fingerprint density at radius 1 is 1.42 bits per heavy atom. The van der Waals surface area contributed by atoms with Crippen LogP contribution in [0.1, 0.15) is 44.5 Å². The van der Waals surface area contributed by atoms with E-state index in [1.807, 2.05) is 6.92 Å². The summed E-state index contributed by atoms with van der Waals surface area (Å²) in [6, 6.07) is 1.93. The monoisotopic (exact) mass is 327 g/mol. The number of halogens is 1. The molecule has 0 aliphatic carbocycles. The van der Waals surface area contributed by atoms with Gasteiger partial charge in [0.1, 0.15) is 5.82 Å². The number of nitrogens with zero attached hydrogens (tertiary/aromatic N) is 1. The van der Waals surface area contributed by atoms with Gasteiger partial charge in [0.05, 0.1) is 5.56 Å². The van der Waals surface area contributed by atoms with Crippen molar-refractivity contribution in [3.63, 3.8) is 0 Å². The van der Waals surface area contributed by atoms with Gasteiger partial charge in [-0.25, -0.2) is 4.98 Å². The summed E-state index contributed by atoms with van der Waals surface area (Å²) in [4.78, 5) is 16.6. The largest absolute Gasteiger partial charge is 0.369 e. The van der Waals surface area contributed by atoms with E-state index in [0.29, 0.717) is 17.3 Å². The molecule has 0 aliphatic rings. The second-order valence-corrected chi connectivity index (χ2v) is 5.90. The van der Waals surface area contributed by atoms with E-state index in [1.165, 1.54) is 0 Å². The zero-order valence-corrected chi connectivity index (χ0v) is 13.5. The molecule has 1 aromatic heterocycles. The fraction of sp³-hybridized carbons (Fsp3) is 0.571. The maximum absolute atomic E-state index is 12.3. The van der Waals surface area contributed by atoms with Gasteiger partial charge in [0.2, 0.25) is 0 Å². The highest BCUT2D eigenvalue weighted by atomic mass is 79.9. The van der Waals surface area contributed by atoms with Crippen molar-refractivity contribution < 1.29 is 4.79 Å². The summed E-state index contributed by atoms with van der Waals surface area (Å²) in [5.74, 6) is 0.947. The zero-order chi connectivity index (χ0) is 14.4. The van der Waals surface area contributed by atoms with Gasteiger partial charge in [0, 0.05) is 23.3 Å². The summed E-state index contributed by atoms with van der Waals surface area (Å²) >= 11 is 3.36. The van der Waals surface area contributed by atoms with Crippen LogP contribution >= 0.6 is 15.9 Å². The quantitative estimate of drug-likeness (QED) is 0.841. The highest BCUT2D eigenvalue weighted by molar-refractivity contribution is 9.10. The van der Waals surface area contributed by atoms with Crippen molar-refractivity contribution in [2.45, 2.75) is 40.2 Å². The predicted octanol–water partition coefficient (Wildman–Crippen LogP) is 3.44. The van der Waals surface area contributed by atoms with Crippen LogP contribution in [0.4, 0.5) is 5.82 Å². The Kier molecular flexibility index (Phi) is 6.28. The number of hydrogen-bond acceptors (Lipinski definition) is 3. The van der Waals surface area contributed by atoms with Crippen molar-refractivity contribution in [3.8, 4) is 0 Å². The minimum atomic E-state index is -0.0893. The third kappa shape index (κ3) is 4.82. The van der Waals surface area contributed by atoms with Crippen molar-refractivity contribution in [2.24, 2.45) is 5.92 Å². The van der Waals surface area contributed by atoms with Crippen LogP contribution in [-0.2, 0) is 0 Å². The zero-order valence-electron chi connectivity index (χ0n) is 12.0. The van der Waals surface area contributed by atoms with E-state index in [2.05, 4.69) is 52.3 Å². The van der Waals surface area contributed by atoms with Crippen molar-refractivity contribution in [1.82, 2.24) is 10.3 Å². The second-order valence-electron chi connectivity index (χ2n) is 4.98. The summed E-state index contributed by atoms with van der Waals surface area (Å²) in [5, 5.41) is 6.18. The van der Waals surface area contributed by atoms with E-state index < -0.39 is 0 Å². The number of carbonyl (C=O) groups is 1. The second kappa shape index (κ2) is 7.48. The minimum absolute atomic E-state index is 0.0893. The highest BCUT2D eigenvalue weighted by Crippen LogP contribution is 2.18. The SMILES string of the molecule is CCCNc1ncc(Br)cc1C(=O)NC(C)C(C)C. The molecule has 0 fully saturated rings. The van der Waals surface area contributed by atoms with Crippen LogP contribution in [0.2, 0.25) is 0 Å². The number of pyridine rings is 1. The molecule has 1 rings (SSSR count). The Morgan fingerprint density at radius 3 is 2.68 bits per heavy atom. The number of aromatic nitrogens is 1. The molecule has 5 heteroatoms. The van der Waals surface area contributed by atoms with Crippen molar-refractivity contribution in [2.75, 3.05) is 11.9 Å². The lowest BCUT2D eigenvalue weighted by Crippen LogP contribution is -2.36. The number of carbonyl (C=O) groups excluding carboxylic acids is 1. The number of anilines is 1. The lowest BCUT2D eigenvalue weighted by molar-refractivity contribution is 0.0931. The average Bonchev–Trinajstić information content (AvgIpc) is 2.36. The molecule has 19 heavy (non-hydrogen) atoms. The van der Waals surface area contributed by atoms with Gasteiger partial charge >= 0.3 is 0 Å². The predicted molar refractivity (Wildman–Crippen MR) is 82.5 cm³/mol. The van der Waals surface area contributed by atoms with E-state index in [1.54, 1.807) is 12.3 Å². The molecule has 0 aliphatic heterocycles. The molecule has 4 nitrogen and oxygen atoms in total. The van der Waals surface area contributed by atoms with Gasteiger partial charge in [-0.05, 0) is 41.3 Å². The third-order valence-electron chi connectivity index (χ3n) is 3.00. The van der Waals surface area contributed by atoms with Crippen LogP contribution in [0.3, 0.4) is 0 Å². The average molecular weight is 328 g/mol. The Bertz CT molecular complexity index is 435. The van der Waals surface area contributed by atoms with Gasteiger partial charge in [-0.2, -0.15) is 0 Å².